The fraction of sp³-hybridized carbons (Fsp3) is 0.765. The summed E-state index contributed by atoms with van der Waals surface area (Å²) in [6.07, 6.45) is 7.60. The molecule has 0 radical (unpaired) electrons. The van der Waals surface area contributed by atoms with Gasteiger partial charge in [0.2, 0.25) is 0 Å². The number of likely N-dealkylation sites (tertiary alicyclic amines) is 1. The minimum absolute atomic E-state index is 0.0109. The molecule has 1 spiro atoms. The zero-order chi connectivity index (χ0) is 17.1. The van der Waals surface area contributed by atoms with Crippen LogP contribution in [0.25, 0.3) is 0 Å². The lowest BCUT2D eigenvalue weighted by atomic mass is 9.63. The van der Waals surface area contributed by atoms with Gasteiger partial charge in [-0.05, 0) is 31.7 Å². The summed E-state index contributed by atoms with van der Waals surface area (Å²) in [5, 5.41) is 4.22. The summed E-state index contributed by atoms with van der Waals surface area (Å²) in [5.74, 6) is 0.525. The molecule has 3 aliphatic rings. The summed E-state index contributed by atoms with van der Waals surface area (Å²) in [7, 11) is -1.01. The SMILES string of the molecule is Cn1nc(C(=O)N2CC3(CC(S(C)(=O)=O)C3)C2)cc1C1CCCC1. The van der Waals surface area contributed by atoms with Crippen molar-refractivity contribution in [1.29, 1.82) is 0 Å². The van der Waals surface area contributed by atoms with E-state index in [2.05, 4.69) is 5.10 Å². The maximum Gasteiger partial charge on any atom is 0.274 e. The van der Waals surface area contributed by atoms with E-state index in [1.807, 2.05) is 22.7 Å². The highest BCUT2D eigenvalue weighted by molar-refractivity contribution is 7.91. The van der Waals surface area contributed by atoms with E-state index in [0.717, 1.165) is 0 Å². The number of carbonyl (C=O) groups excluding carboxylic acids is 1. The summed E-state index contributed by atoms with van der Waals surface area (Å²) in [4.78, 5) is 14.5. The van der Waals surface area contributed by atoms with Crippen LogP contribution < -0.4 is 0 Å². The topological polar surface area (TPSA) is 72.3 Å². The minimum Gasteiger partial charge on any atom is -0.336 e. The Hall–Kier alpha value is -1.37. The van der Waals surface area contributed by atoms with Gasteiger partial charge in [-0.25, -0.2) is 8.42 Å². The van der Waals surface area contributed by atoms with Crippen LogP contribution in [0.15, 0.2) is 6.07 Å². The van der Waals surface area contributed by atoms with Gasteiger partial charge in [-0.2, -0.15) is 5.10 Å². The second kappa shape index (κ2) is 5.31. The third-order valence-electron chi connectivity index (χ3n) is 6.18. The van der Waals surface area contributed by atoms with Crippen molar-refractivity contribution in [3.8, 4) is 0 Å². The van der Waals surface area contributed by atoms with Gasteiger partial charge in [0.25, 0.3) is 5.91 Å². The van der Waals surface area contributed by atoms with E-state index in [9.17, 15) is 13.2 Å². The van der Waals surface area contributed by atoms with Crippen LogP contribution in [0.2, 0.25) is 0 Å². The van der Waals surface area contributed by atoms with Crippen LogP contribution in [-0.2, 0) is 16.9 Å². The number of aromatic nitrogens is 2. The van der Waals surface area contributed by atoms with Crippen molar-refractivity contribution in [2.75, 3.05) is 19.3 Å². The van der Waals surface area contributed by atoms with Crippen LogP contribution in [0, 0.1) is 5.41 Å². The minimum atomic E-state index is -2.93. The Balaban J connectivity index is 1.39. The molecule has 1 amide bonds. The molecule has 6 nitrogen and oxygen atoms in total. The van der Waals surface area contributed by atoms with Gasteiger partial charge in [0, 0.05) is 43.4 Å². The number of nitrogens with zero attached hydrogens (tertiary/aromatic N) is 3. The Labute approximate surface area is 143 Å². The molecule has 0 aromatic carbocycles. The van der Waals surface area contributed by atoms with E-state index in [-0.39, 0.29) is 16.6 Å². The van der Waals surface area contributed by atoms with Crippen molar-refractivity contribution in [2.45, 2.75) is 49.7 Å². The van der Waals surface area contributed by atoms with Gasteiger partial charge in [-0.3, -0.25) is 9.48 Å². The molecule has 2 heterocycles. The van der Waals surface area contributed by atoms with E-state index in [4.69, 9.17) is 0 Å². The standard InChI is InChI=1S/C17H25N3O3S/c1-19-15(12-5-3-4-6-12)7-14(18-19)16(21)20-10-17(11-20)8-13(9-17)24(2,22)23/h7,12-13H,3-6,8-11H2,1-2H3. The average molecular weight is 351 g/mol. The molecule has 0 N–H and O–H groups in total. The van der Waals surface area contributed by atoms with Crippen LogP contribution in [-0.4, -0.2) is 53.6 Å². The Bertz CT molecular complexity index is 763. The van der Waals surface area contributed by atoms with Crippen LogP contribution >= 0.6 is 0 Å². The summed E-state index contributed by atoms with van der Waals surface area (Å²) in [6.45, 7) is 1.35. The molecule has 132 valence electrons. The van der Waals surface area contributed by atoms with Gasteiger partial charge < -0.3 is 4.90 Å². The van der Waals surface area contributed by atoms with Crippen molar-refractivity contribution in [1.82, 2.24) is 14.7 Å². The zero-order valence-corrected chi connectivity index (χ0v) is 15.2. The third-order valence-corrected chi connectivity index (χ3v) is 7.72. The summed E-state index contributed by atoms with van der Waals surface area (Å²) in [5.41, 5.74) is 1.76. The van der Waals surface area contributed by atoms with Crippen molar-refractivity contribution in [3.05, 3.63) is 17.5 Å². The maximum absolute atomic E-state index is 12.6. The first-order valence-electron chi connectivity index (χ1n) is 8.80. The number of hydrogen-bond acceptors (Lipinski definition) is 4. The van der Waals surface area contributed by atoms with Crippen molar-refractivity contribution >= 4 is 15.7 Å². The van der Waals surface area contributed by atoms with Crippen LogP contribution in [0.4, 0.5) is 0 Å². The average Bonchev–Trinajstić information content (AvgIpc) is 3.02. The van der Waals surface area contributed by atoms with Crippen molar-refractivity contribution in [2.24, 2.45) is 12.5 Å². The highest BCUT2D eigenvalue weighted by Crippen LogP contribution is 2.51. The van der Waals surface area contributed by atoms with E-state index in [1.54, 1.807) is 0 Å². The number of sulfone groups is 1. The van der Waals surface area contributed by atoms with Crippen molar-refractivity contribution < 1.29 is 13.2 Å². The predicted octanol–water partition coefficient (Wildman–Crippen LogP) is 1.73. The summed E-state index contributed by atoms with van der Waals surface area (Å²) >= 11 is 0. The van der Waals surface area contributed by atoms with E-state index in [1.165, 1.54) is 37.6 Å². The molecule has 0 atom stereocenters. The molecular weight excluding hydrogens is 326 g/mol. The number of aryl methyl sites for hydroxylation is 1. The summed E-state index contributed by atoms with van der Waals surface area (Å²) in [6, 6.07) is 1.96. The first-order valence-corrected chi connectivity index (χ1v) is 10.7. The molecule has 24 heavy (non-hydrogen) atoms. The van der Waals surface area contributed by atoms with Crippen LogP contribution in [0.1, 0.15) is 60.6 Å². The van der Waals surface area contributed by atoms with Gasteiger partial charge in [0.1, 0.15) is 9.84 Å². The molecule has 0 unspecified atom stereocenters. The molecular formula is C17H25N3O3S. The molecule has 1 saturated heterocycles. The second-order valence-electron chi connectivity index (χ2n) is 8.08. The zero-order valence-electron chi connectivity index (χ0n) is 14.4. The lowest BCUT2D eigenvalue weighted by Crippen LogP contribution is -2.66. The molecule has 4 rings (SSSR count). The van der Waals surface area contributed by atoms with Crippen LogP contribution in [0.5, 0.6) is 0 Å². The Morgan fingerprint density at radius 1 is 1.25 bits per heavy atom. The van der Waals surface area contributed by atoms with Gasteiger partial charge in [0.05, 0.1) is 5.25 Å². The van der Waals surface area contributed by atoms with Crippen LogP contribution in [0.3, 0.4) is 0 Å². The van der Waals surface area contributed by atoms with Gasteiger partial charge in [-0.15, -0.1) is 0 Å². The fourth-order valence-corrected chi connectivity index (χ4v) is 6.04. The monoisotopic (exact) mass is 351 g/mol. The first-order chi connectivity index (χ1) is 11.3. The fourth-order valence-electron chi connectivity index (χ4n) is 4.73. The molecule has 1 aromatic heterocycles. The summed E-state index contributed by atoms with van der Waals surface area (Å²) < 4.78 is 25.0. The van der Waals surface area contributed by atoms with E-state index >= 15 is 0 Å². The maximum atomic E-state index is 12.6. The number of rotatable bonds is 3. The van der Waals surface area contributed by atoms with Gasteiger partial charge >= 0.3 is 0 Å². The Morgan fingerprint density at radius 3 is 2.46 bits per heavy atom. The largest absolute Gasteiger partial charge is 0.336 e. The lowest BCUT2D eigenvalue weighted by Gasteiger charge is -2.58. The van der Waals surface area contributed by atoms with Gasteiger partial charge in [-0.1, -0.05) is 12.8 Å². The molecule has 0 bridgehead atoms. The number of carbonyl (C=O) groups is 1. The van der Waals surface area contributed by atoms with E-state index in [0.29, 0.717) is 37.5 Å². The highest BCUT2D eigenvalue weighted by atomic mass is 32.2. The molecule has 1 aliphatic heterocycles. The lowest BCUT2D eigenvalue weighted by molar-refractivity contribution is -0.0403. The Kier molecular flexibility index (Phi) is 3.57. The molecule has 7 heteroatoms. The number of hydrogen-bond donors (Lipinski definition) is 0. The molecule has 1 aromatic rings. The predicted molar refractivity (Wildman–Crippen MR) is 90.6 cm³/mol. The highest BCUT2D eigenvalue weighted by Gasteiger charge is 2.56. The molecule has 2 aliphatic carbocycles. The molecule has 2 saturated carbocycles. The third kappa shape index (κ3) is 2.57. The van der Waals surface area contributed by atoms with Gasteiger partial charge in [0.15, 0.2) is 5.69 Å². The smallest absolute Gasteiger partial charge is 0.274 e. The molecule has 3 fully saturated rings. The van der Waals surface area contributed by atoms with Crippen molar-refractivity contribution in [3.63, 3.8) is 0 Å². The van der Waals surface area contributed by atoms with E-state index < -0.39 is 9.84 Å². The Morgan fingerprint density at radius 2 is 1.88 bits per heavy atom. The number of amides is 1. The quantitative estimate of drug-likeness (QED) is 0.831. The normalized spacial score (nSPS) is 24.2. The second-order valence-corrected chi connectivity index (χ2v) is 10.4. The first kappa shape index (κ1) is 16.1.